The SMILES string of the molecule is CC1=C(C(=O)Nc2ccccc2)[C@H](c2cccs2)n2nc(SCC(=O)c3ccc(C)cc3)nc2N1. The van der Waals surface area contributed by atoms with Gasteiger partial charge in [0, 0.05) is 21.8 Å². The molecule has 0 spiro atoms. The standard InChI is InChI=1S/C26H23N5O2S2/c1-16-10-12-18(13-11-16)20(32)15-35-26-29-25-27-17(2)22(24(33)28-19-7-4-3-5-8-19)23(31(25)30-26)21-9-6-14-34-21/h3-14,23H,15H2,1-2H3,(H,28,33)(H,27,29,30)/t23-/m0/s1. The molecule has 0 radical (unpaired) electrons. The largest absolute Gasteiger partial charge is 0.328 e. The lowest BCUT2D eigenvalue weighted by Crippen LogP contribution is -2.31. The predicted octanol–water partition coefficient (Wildman–Crippen LogP) is 5.55. The van der Waals surface area contributed by atoms with Crippen molar-refractivity contribution in [1.82, 2.24) is 14.8 Å². The van der Waals surface area contributed by atoms with E-state index in [0.717, 1.165) is 16.1 Å². The average molecular weight is 502 g/mol. The predicted molar refractivity (Wildman–Crippen MR) is 140 cm³/mol. The lowest BCUT2D eigenvalue weighted by molar-refractivity contribution is -0.113. The molecule has 0 unspecified atom stereocenters. The molecule has 1 aliphatic rings. The molecule has 0 fully saturated rings. The van der Waals surface area contributed by atoms with Gasteiger partial charge in [-0.05, 0) is 37.4 Å². The van der Waals surface area contributed by atoms with E-state index in [1.165, 1.54) is 11.8 Å². The number of aryl methyl sites for hydroxylation is 1. The minimum atomic E-state index is -0.426. The number of nitrogens with one attached hydrogen (secondary N) is 2. The third kappa shape index (κ3) is 4.91. The Kier molecular flexibility index (Phi) is 6.52. The average Bonchev–Trinajstić information content (AvgIpc) is 3.52. The van der Waals surface area contributed by atoms with Crippen LogP contribution in [0, 0.1) is 6.92 Å². The summed E-state index contributed by atoms with van der Waals surface area (Å²) in [7, 11) is 0. The van der Waals surface area contributed by atoms with Gasteiger partial charge in [-0.3, -0.25) is 9.59 Å². The summed E-state index contributed by atoms with van der Waals surface area (Å²) in [4.78, 5) is 31.6. The highest BCUT2D eigenvalue weighted by Gasteiger charge is 2.35. The summed E-state index contributed by atoms with van der Waals surface area (Å²) >= 11 is 2.84. The van der Waals surface area contributed by atoms with Crippen molar-refractivity contribution in [3.63, 3.8) is 0 Å². The first kappa shape index (κ1) is 23.1. The Morgan fingerprint density at radius 3 is 2.54 bits per heavy atom. The number of para-hydroxylation sites is 1. The first-order valence-corrected chi connectivity index (χ1v) is 12.9. The van der Waals surface area contributed by atoms with E-state index in [2.05, 4.69) is 20.7 Å². The molecule has 2 aromatic heterocycles. The number of nitrogens with zero attached hydrogens (tertiary/aromatic N) is 3. The van der Waals surface area contributed by atoms with Gasteiger partial charge in [-0.2, -0.15) is 4.98 Å². The molecule has 5 rings (SSSR count). The number of Topliss-reactive ketones (excluding diaryl/α,β-unsaturated/α-hetero) is 1. The Morgan fingerprint density at radius 1 is 1.06 bits per heavy atom. The molecule has 1 aliphatic heterocycles. The van der Waals surface area contributed by atoms with Gasteiger partial charge in [0.25, 0.3) is 5.91 Å². The summed E-state index contributed by atoms with van der Waals surface area (Å²) in [5.41, 5.74) is 3.78. The van der Waals surface area contributed by atoms with Gasteiger partial charge in [-0.25, -0.2) is 4.68 Å². The summed E-state index contributed by atoms with van der Waals surface area (Å²) in [5, 5.41) is 13.4. The molecule has 35 heavy (non-hydrogen) atoms. The summed E-state index contributed by atoms with van der Waals surface area (Å²) in [6, 6.07) is 20.4. The van der Waals surface area contributed by atoms with E-state index in [-0.39, 0.29) is 17.4 Å². The molecular formula is C26H23N5O2S2. The quantitative estimate of drug-likeness (QED) is 0.255. The number of carbonyl (C=O) groups excluding carboxylic acids is 2. The van der Waals surface area contributed by atoms with Gasteiger partial charge in [0.15, 0.2) is 5.78 Å². The Labute approximate surface area is 211 Å². The van der Waals surface area contributed by atoms with Gasteiger partial charge < -0.3 is 10.6 Å². The van der Waals surface area contributed by atoms with Crippen molar-refractivity contribution < 1.29 is 9.59 Å². The van der Waals surface area contributed by atoms with Crippen molar-refractivity contribution in [2.24, 2.45) is 0 Å². The third-order valence-corrected chi connectivity index (χ3v) is 7.39. The molecule has 0 aliphatic carbocycles. The molecule has 1 atom stereocenters. The van der Waals surface area contributed by atoms with Gasteiger partial charge in [0.05, 0.1) is 11.3 Å². The molecule has 0 saturated heterocycles. The number of thiophene rings is 1. The van der Waals surface area contributed by atoms with Crippen molar-refractivity contribution in [3.05, 3.63) is 99.4 Å². The number of hydrogen-bond donors (Lipinski definition) is 2. The van der Waals surface area contributed by atoms with E-state index in [0.29, 0.717) is 27.9 Å². The molecule has 2 aromatic carbocycles. The van der Waals surface area contributed by atoms with Gasteiger partial charge in [-0.15, -0.1) is 16.4 Å². The lowest BCUT2D eigenvalue weighted by Gasteiger charge is -2.27. The molecule has 1 amide bonds. The minimum Gasteiger partial charge on any atom is -0.328 e. The van der Waals surface area contributed by atoms with Crippen LogP contribution in [0.1, 0.15) is 33.8 Å². The first-order valence-electron chi connectivity index (χ1n) is 11.1. The number of aromatic nitrogens is 3. The summed E-state index contributed by atoms with van der Waals surface area (Å²) in [6.45, 7) is 3.86. The Bertz CT molecular complexity index is 1390. The highest BCUT2D eigenvalue weighted by Crippen LogP contribution is 2.38. The maximum Gasteiger partial charge on any atom is 0.255 e. The highest BCUT2D eigenvalue weighted by molar-refractivity contribution is 7.99. The molecular weight excluding hydrogens is 478 g/mol. The molecule has 9 heteroatoms. The second kappa shape index (κ2) is 9.89. The van der Waals surface area contributed by atoms with Crippen molar-refractivity contribution in [1.29, 1.82) is 0 Å². The zero-order valence-electron chi connectivity index (χ0n) is 19.2. The van der Waals surface area contributed by atoms with Crippen molar-refractivity contribution in [2.45, 2.75) is 25.0 Å². The van der Waals surface area contributed by atoms with Crippen LogP contribution in [0.25, 0.3) is 0 Å². The maximum absolute atomic E-state index is 13.4. The number of allylic oxidation sites excluding steroid dienone is 1. The number of fused-ring (bicyclic) bond motifs is 1. The van der Waals surface area contributed by atoms with Gasteiger partial charge >= 0.3 is 0 Å². The fourth-order valence-corrected chi connectivity index (χ4v) is 5.41. The van der Waals surface area contributed by atoms with Gasteiger partial charge in [0.1, 0.15) is 6.04 Å². The lowest BCUT2D eigenvalue weighted by atomic mass is 10.0. The van der Waals surface area contributed by atoms with Crippen LogP contribution >= 0.6 is 23.1 Å². The molecule has 2 N–H and O–H groups in total. The van der Waals surface area contributed by atoms with E-state index in [1.54, 1.807) is 16.0 Å². The number of benzene rings is 2. The number of hydrogen-bond acceptors (Lipinski definition) is 7. The molecule has 3 heterocycles. The summed E-state index contributed by atoms with van der Waals surface area (Å²) < 4.78 is 1.73. The number of amides is 1. The third-order valence-electron chi connectivity index (χ3n) is 5.63. The van der Waals surface area contributed by atoms with E-state index in [4.69, 9.17) is 0 Å². The van der Waals surface area contributed by atoms with Crippen molar-refractivity contribution in [2.75, 3.05) is 16.4 Å². The molecule has 4 aromatic rings. The number of rotatable bonds is 7. The topological polar surface area (TPSA) is 88.9 Å². The smallest absolute Gasteiger partial charge is 0.255 e. The molecule has 0 saturated carbocycles. The van der Waals surface area contributed by atoms with Gasteiger partial charge in [-0.1, -0.05) is 65.9 Å². The molecule has 7 nitrogen and oxygen atoms in total. The number of ketones is 1. The van der Waals surface area contributed by atoms with E-state index in [1.807, 2.05) is 86.0 Å². The zero-order valence-corrected chi connectivity index (χ0v) is 20.8. The second-order valence-corrected chi connectivity index (χ2v) is 10.1. The maximum atomic E-state index is 13.4. The summed E-state index contributed by atoms with van der Waals surface area (Å²) in [6.07, 6.45) is 0. The fourth-order valence-electron chi connectivity index (χ4n) is 3.87. The first-order chi connectivity index (χ1) is 17.0. The number of thioether (sulfide) groups is 1. The van der Waals surface area contributed by atoms with Crippen molar-refractivity contribution >= 4 is 46.4 Å². The van der Waals surface area contributed by atoms with Crippen molar-refractivity contribution in [3.8, 4) is 0 Å². The zero-order chi connectivity index (χ0) is 24.4. The normalized spacial score (nSPS) is 14.9. The van der Waals surface area contributed by atoms with Crippen LogP contribution < -0.4 is 10.6 Å². The second-order valence-electron chi connectivity index (χ2n) is 8.14. The van der Waals surface area contributed by atoms with Crippen LogP contribution in [0.5, 0.6) is 0 Å². The highest BCUT2D eigenvalue weighted by atomic mass is 32.2. The Morgan fingerprint density at radius 2 is 1.83 bits per heavy atom. The van der Waals surface area contributed by atoms with Crippen LogP contribution in [0.4, 0.5) is 11.6 Å². The minimum absolute atomic E-state index is 0.0165. The van der Waals surface area contributed by atoms with Crippen LogP contribution in [-0.2, 0) is 4.79 Å². The molecule has 176 valence electrons. The molecule has 0 bridgehead atoms. The van der Waals surface area contributed by atoms with E-state index < -0.39 is 6.04 Å². The van der Waals surface area contributed by atoms with Crippen LogP contribution in [0.3, 0.4) is 0 Å². The van der Waals surface area contributed by atoms with Gasteiger partial charge in [0.2, 0.25) is 11.1 Å². The Balaban J connectivity index is 1.40. The van der Waals surface area contributed by atoms with E-state index >= 15 is 0 Å². The number of carbonyl (C=O) groups is 2. The fraction of sp³-hybridized carbons (Fsp3) is 0.154. The monoisotopic (exact) mass is 501 g/mol. The summed E-state index contributed by atoms with van der Waals surface area (Å²) in [5.74, 6) is 0.582. The van der Waals surface area contributed by atoms with E-state index in [9.17, 15) is 9.59 Å². The van der Waals surface area contributed by atoms with Crippen LogP contribution in [0.2, 0.25) is 0 Å². The van der Waals surface area contributed by atoms with Crippen LogP contribution in [0.15, 0.2) is 88.5 Å². The number of anilines is 2. The van der Waals surface area contributed by atoms with Crippen LogP contribution in [-0.4, -0.2) is 32.2 Å². The Hall–Kier alpha value is -3.69.